The molecule has 21 heteroatoms. The number of rotatable bonds is 18. The Balaban J connectivity index is 0.000000231. The first-order chi connectivity index (χ1) is 41.9. The maximum absolute atomic E-state index is 13.2. The molecule has 0 unspecified atom stereocenters. The molecule has 88 heavy (non-hydrogen) atoms. The van der Waals surface area contributed by atoms with Gasteiger partial charge in [-0.05, 0) is 154 Å². The monoisotopic (exact) mass is 1190 g/mol. The number of benzene rings is 2. The first kappa shape index (κ1) is 67.9. The number of aromatic nitrogens is 8. The normalized spacial score (nSPS) is 17.9. The average molecular weight is 1200 g/mol. The molecule has 8 aromatic rings. The molecule has 0 saturated heterocycles. The summed E-state index contributed by atoms with van der Waals surface area (Å²) < 4.78 is 0. The van der Waals surface area contributed by atoms with Gasteiger partial charge >= 0.3 is 6.15 Å². The lowest BCUT2D eigenvalue weighted by Gasteiger charge is -2.39. The van der Waals surface area contributed by atoms with Crippen molar-refractivity contribution in [2.24, 2.45) is 5.73 Å². The summed E-state index contributed by atoms with van der Waals surface area (Å²) in [6.07, 6.45) is 29.1. The van der Waals surface area contributed by atoms with Crippen LogP contribution in [0.25, 0.3) is 44.3 Å². The van der Waals surface area contributed by atoms with Gasteiger partial charge < -0.3 is 52.1 Å². The molecule has 3 amide bonds. The Hall–Kier alpha value is -9.27. The summed E-state index contributed by atoms with van der Waals surface area (Å²) in [5.74, 6) is 0.678. The molecule has 6 heterocycles. The van der Waals surface area contributed by atoms with Crippen molar-refractivity contribution in [1.82, 2.24) is 55.0 Å². The van der Waals surface area contributed by atoms with E-state index in [2.05, 4.69) is 115 Å². The van der Waals surface area contributed by atoms with Gasteiger partial charge in [0.05, 0.1) is 35.2 Å². The number of carbonyl (C=O) groups is 3. The van der Waals surface area contributed by atoms with Gasteiger partial charge in [0.25, 0.3) is 5.91 Å². The Morgan fingerprint density at radius 2 is 1.16 bits per heavy atom. The van der Waals surface area contributed by atoms with E-state index in [1.54, 1.807) is 42.7 Å². The SMILES string of the molecule is C.CCc1cnc(N[C@@H]2CCC[C@](C)(N)C2)nc1-c1c[nH]c2ccccc12.CCc1cnc(N[C@@H]2CCC[C@](C)(NC(=O)c3ccc(NC(=O)/C=C/CN(C)C)cn3)C2)nc1-c1c[nH]c2ccccc12.CN(C)C/C=C/C(=O)Nc1cccnc1.O=C=O. The summed E-state index contributed by atoms with van der Waals surface area (Å²) in [5.41, 5.74) is 16.0. The van der Waals surface area contributed by atoms with Crippen LogP contribution in [-0.4, -0.2) is 138 Å². The molecule has 0 radical (unpaired) electrons. The van der Waals surface area contributed by atoms with E-state index >= 15 is 0 Å². The van der Waals surface area contributed by atoms with Crippen LogP contribution < -0.4 is 32.3 Å². The van der Waals surface area contributed by atoms with E-state index in [1.807, 2.05) is 87.1 Å². The van der Waals surface area contributed by atoms with E-state index < -0.39 is 5.54 Å². The Kier molecular flexibility index (Phi) is 25.5. The summed E-state index contributed by atoms with van der Waals surface area (Å²) in [4.78, 5) is 90.8. The lowest BCUT2D eigenvalue weighted by molar-refractivity contribution is -0.191. The Labute approximate surface area is 516 Å². The second kappa shape index (κ2) is 33.0. The fourth-order valence-corrected chi connectivity index (χ4v) is 10.7. The molecule has 6 aromatic heterocycles. The van der Waals surface area contributed by atoms with Crippen molar-refractivity contribution in [3.63, 3.8) is 0 Å². The standard InChI is InChI=1S/C33H40N8O2.C21H27N5.C11H15N3O.CO2.CH4/c1-5-22-19-36-32(39-30(22)26-21-35-27-12-7-6-11-25(26)27)38-23-10-8-16-33(2,18-23)40-31(43)28-15-14-24(20-34-28)37-29(42)13-9-17-41(3)4;1-3-14-12-24-20(25-15-7-6-10-21(2,22)11-15)26-19(14)17-13-23-18-9-5-4-8-16(17)18;1-14(2)8-4-6-11(15)13-10-5-3-7-12-9-10;2-1-3;/h6-7,9,11-15,19-21,23,35H,5,8,10,16-18H2,1-4H3,(H,37,42)(H,40,43)(H,36,38,39);4-5,8-9,12-13,15,23H,3,6-7,10-11,22H2,1-2H3,(H,24,25,26);3-7,9H,8H2,1-2H3,(H,13,15);;1H4/b13-9+;;6-4+;;/t23-,33+;15-,21+;;;/m11.../s1. The number of fused-ring (bicyclic) bond motifs is 2. The van der Waals surface area contributed by atoms with Crippen molar-refractivity contribution in [3.05, 3.63) is 157 Å². The summed E-state index contributed by atoms with van der Waals surface area (Å²) in [7, 11) is 7.76. The first-order valence-electron chi connectivity index (χ1n) is 29.5. The van der Waals surface area contributed by atoms with Crippen LogP contribution >= 0.6 is 0 Å². The molecule has 2 aromatic carbocycles. The zero-order valence-electron chi connectivity index (χ0n) is 51.1. The number of hydrogen-bond acceptors (Lipinski definition) is 16. The van der Waals surface area contributed by atoms with Crippen LogP contribution in [0.3, 0.4) is 0 Å². The number of nitrogens with zero attached hydrogens (tertiary/aromatic N) is 8. The number of hydrogen-bond donors (Lipinski definition) is 8. The van der Waals surface area contributed by atoms with Crippen LogP contribution in [0.4, 0.5) is 23.3 Å². The molecule has 0 bridgehead atoms. The predicted octanol–water partition coefficient (Wildman–Crippen LogP) is 10.6. The van der Waals surface area contributed by atoms with Gasteiger partial charge in [-0.3, -0.25) is 19.4 Å². The van der Waals surface area contributed by atoms with Crippen molar-refractivity contribution in [1.29, 1.82) is 0 Å². The van der Waals surface area contributed by atoms with Gasteiger partial charge in [-0.1, -0.05) is 69.8 Å². The maximum atomic E-state index is 13.2. The minimum absolute atomic E-state index is 0. The first-order valence-corrected chi connectivity index (χ1v) is 29.5. The molecule has 4 atom stereocenters. The lowest BCUT2D eigenvalue weighted by atomic mass is 9.80. The van der Waals surface area contributed by atoms with Crippen LogP contribution in [0.5, 0.6) is 0 Å². The zero-order valence-corrected chi connectivity index (χ0v) is 51.1. The second-order valence-electron chi connectivity index (χ2n) is 22.9. The van der Waals surface area contributed by atoms with E-state index in [0.717, 1.165) is 121 Å². The Bertz CT molecular complexity index is 3630. The molecular weight excluding hydrogens is 1110 g/mol. The molecule has 2 aliphatic carbocycles. The lowest BCUT2D eigenvalue weighted by Crippen LogP contribution is -2.51. The van der Waals surface area contributed by atoms with Crippen LogP contribution in [-0.2, 0) is 32.0 Å². The number of anilines is 4. The second-order valence-corrected chi connectivity index (χ2v) is 22.9. The summed E-state index contributed by atoms with van der Waals surface area (Å²) in [6.45, 7) is 9.89. The molecular formula is C67H86N16O5. The highest BCUT2D eigenvalue weighted by atomic mass is 16.2. The molecule has 2 fully saturated rings. The molecule has 9 N–H and O–H groups in total. The van der Waals surface area contributed by atoms with E-state index in [1.165, 1.54) is 23.7 Å². The van der Waals surface area contributed by atoms with Gasteiger partial charge in [-0.25, -0.2) is 24.9 Å². The molecule has 0 spiro atoms. The number of H-pyrrole nitrogens is 2. The van der Waals surface area contributed by atoms with Gasteiger partial charge in [0, 0.05) is 112 Å². The summed E-state index contributed by atoms with van der Waals surface area (Å²) in [5, 5.41) is 18.1. The van der Waals surface area contributed by atoms with E-state index in [-0.39, 0.29) is 42.9 Å². The van der Waals surface area contributed by atoms with E-state index in [9.17, 15) is 14.4 Å². The molecule has 2 aliphatic rings. The highest BCUT2D eigenvalue weighted by molar-refractivity contribution is 6.00. The summed E-state index contributed by atoms with van der Waals surface area (Å²) >= 11 is 0. The van der Waals surface area contributed by atoms with Crippen molar-refractivity contribution >= 4 is 69.0 Å². The van der Waals surface area contributed by atoms with Crippen LogP contribution in [0.1, 0.15) is 108 Å². The highest BCUT2D eigenvalue weighted by Crippen LogP contribution is 2.35. The Morgan fingerprint density at radius 1 is 0.659 bits per heavy atom. The smallest absolute Gasteiger partial charge is 0.360 e. The quantitative estimate of drug-likeness (QED) is 0.0371. The van der Waals surface area contributed by atoms with Crippen LogP contribution in [0.2, 0.25) is 0 Å². The van der Waals surface area contributed by atoms with E-state index in [4.69, 9.17) is 25.3 Å². The molecule has 2 saturated carbocycles. The number of carbonyl (C=O) groups excluding carboxylic acids is 5. The topological polar surface area (TPSA) is 287 Å². The fraction of sp³-hybridized carbons (Fsp3) is 0.373. The van der Waals surface area contributed by atoms with Gasteiger partial charge in [0.1, 0.15) is 5.69 Å². The van der Waals surface area contributed by atoms with Crippen molar-refractivity contribution in [2.45, 2.75) is 122 Å². The van der Waals surface area contributed by atoms with Gasteiger partial charge in [0.2, 0.25) is 23.7 Å². The number of pyridine rings is 2. The van der Waals surface area contributed by atoms with Gasteiger partial charge in [0.15, 0.2) is 0 Å². The number of para-hydroxylation sites is 2. The number of amides is 3. The Morgan fingerprint density at radius 3 is 1.62 bits per heavy atom. The van der Waals surface area contributed by atoms with Crippen molar-refractivity contribution < 1.29 is 24.0 Å². The zero-order chi connectivity index (χ0) is 62.3. The van der Waals surface area contributed by atoms with Crippen LogP contribution in [0, 0.1) is 0 Å². The third kappa shape index (κ3) is 20.2. The minimum atomic E-state index is -0.415. The van der Waals surface area contributed by atoms with Crippen molar-refractivity contribution in [2.75, 3.05) is 62.5 Å². The number of nitrogens with two attached hydrogens (primary N) is 1. The third-order valence-electron chi connectivity index (χ3n) is 14.9. The molecule has 0 aliphatic heterocycles. The van der Waals surface area contributed by atoms with Gasteiger partial charge in [-0.2, -0.15) is 9.59 Å². The molecule has 464 valence electrons. The maximum Gasteiger partial charge on any atom is 0.373 e. The number of nitrogens with one attached hydrogen (secondary N) is 7. The number of aromatic amines is 2. The molecule has 10 rings (SSSR count). The largest absolute Gasteiger partial charge is 0.373 e. The number of likely N-dealkylation sites (N-methyl/N-ethyl adjacent to an activating group) is 2. The van der Waals surface area contributed by atoms with Crippen LogP contribution in [0.15, 0.2) is 140 Å². The molecule has 21 nitrogen and oxygen atoms in total. The fourth-order valence-electron chi connectivity index (χ4n) is 10.7. The minimum Gasteiger partial charge on any atom is -0.360 e. The summed E-state index contributed by atoms with van der Waals surface area (Å²) in [6, 6.07) is 23.9. The van der Waals surface area contributed by atoms with Gasteiger partial charge in [-0.15, -0.1) is 0 Å². The number of aryl methyl sites for hydroxylation is 2. The third-order valence-corrected chi connectivity index (χ3v) is 14.9. The average Bonchev–Trinajstić information content (AvgIpc) is 1.89. The predicted molar refractivity (Wildman–Crippen MR) is 350 cm³/mol. The highest BCUT2D eigenvalue weighted by Gasteiger charge is 2.35. The van der Waals surface area contributed by atoms with E-state index in [0.29, 0.717) is 41.6 Å². The van der Waals surface area contributed by atoms with Crippen molar-refractivity contribution in [3.8, 4) is 22.5 Å².